The first-order valence-electron chi connectivity index (χ1n) is 13.7. The maximum Gasteiger partial charge on any atom is 0.158 e. The molecule has 6 heterocycles. The fraction of sp³-hybridized carbons (Fsp3) is 0.448. The summed E-state index contributed by atoms with van der Waals surface area (Å²) in [6, 6.07) is 8.03. The average molecular weight is 578 g/mol. The average Bonchev–Trinajstić information content (AvgIpc) is 3.62. The summed E-state index contributed by atoms with van der Waals surface area (Å²) in [5.74, 6) is 2.50. The summed E-state index contributed by atoms with van der Waals surface area (Å²) in [7, 11) is 0.327. The fourth-order valence-electron chi connectivity index (χ4n) is 5.91. The van der Waals surface area contributed by atoms with Crippen molar-refractivity contribution < 1.29 is 17.9 Å². The van der Waals surface area contributed by atoms with Crippen LogP contribution >= 0.6 is 0 Å². The lowest BCUT2D eigenvalue weighted by Gasteiger charge is -2.48. The molecule has 41 heavy (non-hydrogen) atoms. The summed E-state index contributed by atoms with van der Waals surface area (Å²) in [4.78, 5) is 18.7. The van der Waals surface area contributed by atoms with Gasteiger partial charge in [-0.25, -0.2) is 18.1 Å². The topological polar surface area (TPSA) is 116 Å². The van der Waals surface area contributed by atoms with Crippen molar-refractivity contribution in [2.45, 2.75) is 32.4 Å². The minimum Gasteiger partial charge on any atom is -0.496 e. The molecule has 216 valence electrons. The Bertz CT molecular complexity index is 1710. The molecule has 4 aromatic rings. The van der Waals surface area contributed by atoms with Crippen LogP contribution in [0, 0.1) is 12.8 Å². The molecule has 0 aliphatic carbocycles. The van der Waals surface area contributed by atoms with Gasteiger partial charge in [0.1, 0.15) is 21.4 Å². The maximum atomic E-state index is 12.0. The van der Waals surface area contributed by atoms with Gasteiger partial charge in [0.2, 0.25) is 0 Å². The first kappa shape index (κ1) is 27.4. The molecule has 2 fully saturated rings. The molecule has 0 N–H and O–H groups in total. The Morgan fingerprint density at radius 2 is 1.88 bits per heavy atom. The van der Waals surface area contributed by atoms with Gasteiger partial charge in [0, 0.05) is 86.3 Å². The molecule has 6 rings (SSSR count). The lowest BCUT2D eigenvalue weighted by Crippen LogP contribution is -2.57. The highest BCUT2D eigenvalue weighted by Gasteiger charge is 2.38. The van der Waals surface area contributed by atoms with Crippen LogP contribution in [0.5, 0.6) is 5.75 Å². The largest absolute Gasteiger partial charge is 0.496 e. The lowest BCUT2D eigenvalue weighted by atomic mass is 9.91. The predicted octanol–water partition coefficient (Wildman–Crippen LogP) is 3.29. The summed E-state index contributed by atoms with van der Waals surface area (Å²) in [6.45, 7) is 6.32. The number of aromatic nitrogens is 5. The van der Waals surface area contributed by atoms with Crippen molar-refractivity contribution in [3.05, 3.63) is 48.5 Å². The van der Waals surface area contributed by atoms with Gasteiger partial charge < -0.3 is 19.3 Å². The molecule has 0 radical (unpaired) electrons. The van der Waals surface area contributed by atoms with Crippen LogP contribution in [0.2, 0.25) is 0 Å². The molecule has 12 heteroatoms. The predicted molar refractivity (Wildman–Crippen MR) is 159 cm³/mol. The fourth-order valence-corrected chi connectivity index (χ4v) is 7.07. The van der Waals surface area contributed by atoms with Gasteiger partial charge in [0.25, 0.3) is 0 Å². The highest BCUT2D eigenvalue weighted by Crippen LogP contribution is 2.37. The third kappa shape index (κ3) is 5.21. The second-order valence-electron chi connectivity index (χ2n) is 11.0. The normalized spacial score (nSPS) is 21.0. The Morgan fingerprint density at radius 3 is 2.59 bits per heavy atom. The number of ether oxygens (including phenoxy) is 2. The molecular weight excluding hydrogens is 542 g/mol. The third-order valence-electron chi connectivity index (χ3n) is 8.29. The minimum absolute atomic E-state index is 0.0867. The molecule has 3 atom stereocenters. The van der Waals surface area contributed by atoms with Crippen LogP contribution in [-0.4, -0.2) is 91.2 Å². The molecule has 2 aliphatic heterocycles. The van der Waals surface area contributed by atoms with Gasteiger partial charge in [-0.15, -0.1) is 0 Å². The van der Waals surface area contributed by atoms with Crippen molar-refractivity contribution in [2.24, 2.45) is 5.92 Å². The van der Waals surface area contributed by atoms with Crippen molar-refractivity contribution in [1.29, 1.82) is 0 Å². The molecular formula is C29H35N7O4S. The lowest BCUT2D eigenvalue weighted by molar-refractivity contribution is 0.121. The smallest absolute Gasteiger partial charge is 0.158 e. The molecule has 11 nitrogen and oxygen atoms in total. The van der Waals surface area contributed by atoms with Crippen molar-refractivity contribution in [3.63, 3.8) is 0 Å². The van der Waals surface area contributed by atoms with Gasteiger partial charge >= 0.3 is 0 Å². The summed E-state index contributed by atoms with van der Waals surface area (Å²) < 4.78 is 37.0. The first-order chi connectivity index (χ1) is 19.6. The minimum atomic E-state index is -3.05. The molecule has 0 saturated carbocycles. The van der Waals surface area contributed by atoms with Gasteiger partial charge in [-0.3, -0.25) is 9.97 Å². The number of aryl methyl sites for hydroxylation is 1. The quantitative estimate of drug-likeness (QED) is 0.309. The van der Waals surface area contributed by atoms with E-state index < -0.39 is 9.84 Å². The van der Waals surface area contributed by atoms with Crippen molar-refractivity contribution in [2.75, 3.05) is 55.7 Å². The second kappa shape index (κ2) is 10.6. The number of hydrogen-bond acceptors (Lipinski definition) is 10. The summed E-state index contributed by atoms with van der Waals surface area (Å²) in [5.41, 5.74) is 4.24. The summed E-state index contributed by atoms with van der Waals surface area (Å²) in [6.07, 6.45) is 7.66. The van der Waals surface area contributed by atoms with E-state index in [-0.39, 0.29) is 23.8 Å². The van der Waals surface area contributed by atoms with Crippen LogP contribution in [-0.2, 0) is 14.6 Å². The molecule has 0 spiro atoms. The van der Waals surface area contributed by atoms with E-state index in [1.165, 1.54) is 6.26 Å². The van der Waals surface area contributed by atoms with E-state index in [4.69, 9.17) is 24.5 Å². The SMILES string of the molecule is COc1ccncc1-c1cc2c(cnn2-c2cc(N3C[C@H](CS(C)(=O)=O)[C@H]3C)cc(N3CC[C@H](OC)C3)n2)c(C)n1. The van der Waals surface area contributed by atoms with Crippen molar-refractivity contribution >= 4 is 32.2 Å². The number of nitrogens with zero attached hydrogens (tertiary/aromatic N) is 7. The Balaban J connectivity index is 1.44. The molecule has 2 aliphatic rings. The van der Waals surface area contributed by atoms with Gasteiger partial charge in [-0.2, -0.15) is 5.10 Å². The molecule has 0 aromatic carbocycles. The van der Waals surface area contributed by atoms with Crippen LogP contribution in [0.15, 0.2) is 42.9 Å². The molecule has 0 bridgehead atoms. The molecule has 4 aromatic heterocycles. The van der Waals surface area contributed by atoms with Crippen LogP contribution < -0.4 is 14.5 Å². The number of hydrogen-bond donors (Lipinski definition) is 0. The molecule has 0 amide bonds. The van der Waals surface area contributed by atoms with Crippen LogP contribution in [0.3, 0.4) is 0 Å². The first-order valence-corrected chi connectivity index (χ1v) is 15.8. The maximum absolute atomic E-state index is 12.0. The molecule has 0 unspecified atom stereocenters. The van der Waals surface area contributed by atoms with E-state index in [2.05, 4.69) is 27.8 Å². The van der Waals surface area contributed by atoms with Crippen LogP contribution in [0.25, 0.3) is 28.0 Å². The monoisotopic (exact) mass is 577 g/mol. The number of methoxy groups -OCH3 is 2. The zero-order valence-corrected chi connectivity index (χ0v) is 24.8. The Kier molecular flexibility index (Phi) is 7.06. The summed E-state index contributed by atoms with van der Waals surface area (Å²) in [5, 5.41) is 5.68. The van der Waals surface area contributed by atoms with Crippen LogP contribution in [0.4, 0.5) is 11.5 Å². The highest BCUT2D eigenvalue weighted by molar-refractivity contribution is 7.90. The van der Waals surface area contributed by atoms with Gasteiger partial charge in [0.15, 0.2) is 5.82 Å². The zero-order valence-electron chi connectivity index (χ0n) is 24.0. The Morgan fingerprint density at radius 1 is 1.07 bits per heavy atom. The van der Waals surface area contributed by atoms with Gasteiger partial charge in [0.05, 0.1) is 41.9 Å². The number of pyridine rings is 3. The number of rotatable bonds is 8. The van der Waals surface area contributed by atoms with E-state index >= 15 is 0 Å². The number of sulfone groups is 1. The van der Waals surface area contributed by atoms with Gasteiger partial charge in [-0.1, -0.05) is 0 Å². The number of fused-ring (bicyclic) bond motifs is 1. The van der Waals surface area contributed by atoms with Crippen molar-refractivity contribution in [1.82, 2.24) is 24.7 Å². The van der Waals surface area contributed by atoms with E-state index in [1.54, 1.807) is 26.6 Å². The van der Waals surface area contributed by atoms with Crippen LogP contribution in [0.1, 0.15) is 19.0 Å². The Hall–Kier alpha value is -3.77. The zero-order chi connectivity index (χ0) is 28.9. The second-order valence-corrected chi connectivity index (χ2v) is 13.2. The van der Waals surface area contributed by atoms with E-state index in [0.717, 1.165) is 58.9 Å². The number of anilines is 2. The summed E-state index contributed by atoms with van der Waals surface area (Å²) >= 11 is 0. The van der Waals surface area contributed by atoms with E-state index in [0.29, 0.717) is 18.1 Å². The van der Waals surface area contributed by atoms with E-state index in [1.807, 2.05) is 36.0 Å². The van der Waals surface area contributed by atoms with Crippen molar-refractivity contribution in [3.8, 4) is 22.8 Å². The Labute approximate surface area is 240 Å². The van der Waals surface area contributed by atoms with E-state index in [9.17, 15) is 8.42 Å². The highest BCUT2D eigenvalue weighted by atomic mass is 32.2. The molecule has 2 saturated heterocycles. The third-order valence-corrected chi connectivity index (χ3v) is 9.32. The standard InChI is InChI=1S/C29H35N7O4S/c1-18-23-14-31-36(26(23)12-25(32-18)24-13-30-8-6-27(24)40-4)29-11-21(35-15-20(19(35)2)17-41(5,37)38)10-28(33-29)34-9-7-22(16-34)39-3/h6,8,10-14,19-20,22H,7,9,15-17H2,1-5H3/t19-,20-,22+/m1/s1. The van der Waals surface area contributed by atoms with Gasteiger partial charge in [-0.05, 0) is 32.4 Å².